The molecule has 14 heteroatoms. The van der Waals surface area contributed by atoms with Crippen molar-refractivity contribution >= 4 is 22.8 Å². The van der Waals surface area contributed by atoms with Gasteiger partial charge in [-0.3, -0.25) is 9.59 Å². The molecule has 3 aliphatic rings. The van der Waals surface area contributed by atoms with Crippen LogP contribution >= 0.6 is 0 Å². The zero-order valence-electron chi connectivity index (χ0n) is 22.3. The van der Waals surface area contributed by atoms with Gasteiger partial charge in [-0.2, -0.15) is 0 Å². The van der Waals surface area contributed by atoms with Crippen LogP contribution in [-0.4, -0.2) is 56.7 Å². The number of H-pyrrole nitrogens is 1. The van der Waals surface area contributed by atoms with Gasteiger partial charge in [0, 0.05) is 25.7 Å². The molecule has 2 amide bonds. The van der Waals surface area contributed by atoms with E-state index in [0.717, 1.165) is 18.4 Å². The Hall–Kier alpha value is -3.55. The van der Waals surface area contributed by atoms with Gasteiger partial charge < -0.3 is 20.4 Å². The van der Waals surface area contributed by atoms with Crippen molar-refractivity contribution in [2.45, 2.75) is 81.9 Å². The predicted molar refractivity (Wildman–Crippen MR) is 135 cm³/mol. The number of nitrogens with one attached hydrogen (secondary N) is 3. The highest BCUT2D eigenvalue weighted by Gasteiger charge is 2.46. The van der Waals surface area contributed by atoms with E-state index in [2.05, 4.69) is 35.5 Å². The van der Waals surface area contributed by atoms with Gasteiger partial charge in [0.2, 0.25) is 11.8 Å². The minimum absolute atomic E-state index is 0.0149. The average molecular weight is 579 g/mol. The second-order valence-corrected chi connectivity index (χ2v) is 11.5. The number of aryl methyl sites for hydroxylation is 1. The molecule has 3 heterocycles. The maximum Gasteiger partial charge on any atom is 0.276 e. The van der Waals surface area contributed by atoms with Crippen molar-refractivity contribution in [1.82, 2.24) is 30.9 Å². The summed E-state index contributed by atoms with van der Waals surface area (Å²) in [6, 6.07) is 4.31. The third-order valence-corrected chi connectivity index (χ3v) is 8.07. The zero-order chi connectivity index (χ0) is 28.9. The number of imidazole rings is 1. The molecule has 3 atom stereocenters. The first-order valence-corrected chi connectivity index (χ1v) is 13.7. The van der Waals surface area contributed by atoms with Crippen LogP contribution in [0.25, 0.3) is 11.0 Å². The van der Waals surface area contributed by atoms with Gasteiger partial charge in [0.1, 0.15) is 24.2 Å². The monoisotopic (exact) mass is 578 g/mol. The van der Waals surface area contributed by atoms with Gasteiger partial charge in [-0.1, -0.05) is 11.2 Å². The van der Waals surface area contributed by atoms with E-state index in [-0.39, 0.29) is 60.9 Å². The second-order valence-electron chi connectivity index (χ2n) is 11.5. The van der Waals surface area contributed by atoms with Crippen molar-refractivity contribution in [2.75, 3.05) is 6.61 Å². The Kier molecular flexibility index (Phi) is 6.99. The third kappa shape index (κ3) is 6.07. The lowest BCUT2D eigenvalue weighted by molar-refractivity contribution is -0.151. The molecular formula is C27H30F4N6O4. The van der Waals surface area contributed by atoms with Crippen LogP contribution in [0.2, 0.25) is 0 Å². The van der Waals surface area contributed by atoms with Crippen LogP contribution in [0.15, 0.2) is 22.8 Å². The Morgan fingerprint density at radius 2 is 1.85 bits per heavy atom. The molecule has 2 aromatic heterocycles. The molecule has 0 spiro atoms. The van der Waals surface area contributed by atoms with Crippen molar-refractivity contribution < 1.29 is 36.5 Å². The number of rotatable bonds is 9. The number of carbonyl (C=O) groups excluding carboxylic acids is 2. The number of nitrogens with zero attached hydrogens (tertiary/aromatic N) is 3. The minimum Gasteiger partial charge on any atom is -0.369 e. The molecule has 3 N–H and O–H groups in total. The van der Waals surface area contributed by atoms with Crippen molar-refractivity contribution in [3.8, 4) is 0 Å². The first kappa shape index (κ1) is 27.6. The van der Waals surface area contributed by atoms with Crippen molar-refractivity contribution in [1.29, 1.82) is 0 Å². The van der Waals surface area contributed by atoms with E-state index in [1.54, 1.807) is 13.0 Å². The molecule has 1 unspecified atom stereocenters. The number of ether oxygens (including phenoxy) is 1. The van der Waals surface area contributed by atoms with Gasteiger partial charge in [0.15, 0.2) is 5.69 Å². The van der Waals surface area contributed by atoms with Crippen LogP contribution in [0.1, 0.15) is 84.6 Å². The highest BCUT2D eigenvalue weighted by Crippen LogP contribution is 2.45. The number of benzene rings is 1. The van der Waals surface area contributed by atoms with Crippen LogP contribution in [0.3, 0.4) is 0 Å². The summed E-state index contributed by atoms with van der Waals surface area (Å²) in [5, 5.41) is 13.1. The normalized spacial score (nSPS) is 23.5. The maximum absolute atomic E-state index is 13.8. The summed E-state index contributed by atoms with van der Waals surface area (Å²) in [6.07, 6.45) is 0.223. The Labute approximate surface area is 231 Å². The quantitative estimate of drug-likeness (QED) is 0.317. The van der Waals surface area contributed by atoms with Gasteiger partial charge in [-0.05, 0) is 60.9 Å². The molecule has 10 nitrogen and oxygen atoms in total. The summed E-state index contributed by atoms with van der Waals surface area (Å²) in [7, 11) is 0. The van der Waals surface area contributed by atoms with E-state index < -0.39 is 42.9 Å². The predicted octanol–water partition coefficient (Wildman–Crippen LogP) is 4.54. The smallest absolute Gasteiger partial charge is 0.276 e. The number of hydrogen-bond donors (Lipinski definition) is 3. The Bertz CT molecular complexity index is 1440. The molecule has 220 valence electrons. The molecule has 1 aliphatic heterocycles. The Morgan fingerprint density at radius 3 is 2.49 bits per heavy atom. The van der Waals surface area contributed by atoms with Crippen LogP contribution in [0.5, 0.6) is 0 Å². The molecule has 41 heavy (non-hydrogen) atoms. The molecular weight excluding hydrogens is 548 g/mol. The lowest BCUT2D eigenvalue weighted by Crippen LogP contribution is -2.44. The van der Waals surface area contributed by atoms with E-state index in [1.165, 1.54) is 0 Å². The molecule has 2 saturated carbocycles. The molecule has 3 fully saturated rings. The molecule has 1 saturated heterocycles. The van der Waals surface area contributed by atoms with Crippen LogP contribution in [-0.2, 0) is 9.53 Å². The van der Waals surface area contributed by atoms with E-state index in [9.17, 15) is 27.2 Å². The molecule has 0 radical (unpaired) electrons. The summed E-state index contributed by atoms with van der Waals surface area (Å²) >= 11 is 0. The number of carbonyl (C=O) groups is 2. The fourth-order valence-corrected chi connectivity index (χ4v) is 5.70. The van der Waals surface area contributed by atoms with Gasteiger partial charge in [-0.25, -0.2) is 27.2 Å². The molecule has 0 bridgehead atoms. The van der Waals surface area contributed by atoms with Gasteiger partial charge in [0.05, 0.1) is 23.2 Å². The summed E-state index contributed by atoms with van der Waals surface area (Å²) in [5.74, 6) is -6.25. The van der Waals surface area contributed by atoms with Gasteiger partial charge in [0.25, 0.3) is 11.8 Å². The SMILES string of the molecule is Cc1nonc1C(=O)N[C@H](c1nc2ccc([C@H](NC(=O)CC3CC(F)(F)C3)C3CC3)cc2[nH]1)C1CCC(F)(F)CO1. The highest BCUT2D eigenvalue weighted by atomic mass is 19.3. The zero-order valence-corrected chi connectivity index (χ0v) is 22.3. The number of halogens is 4. The lowest BCUT2D eigenvalue weighted by atomic mass is 9.79. The first-order valence-electron chi connectivity index (χ1n) is 13.7. The number of aromatic amines is 1. The minimum atomic E-state index is -2.96. The van der Waals surface area contributed by atoms with Crippen molar-refractivity contribution in [2.24, 2.45) is 11.8 Å². The van der Waals surface area contributed by atoms with E-state index in [1.807, 2.05) is 12.1 Å². The standard InChI is InChI=1S/C27H30F4N6O4/c1-13-21(37-41-36-13)25(39)35-23(19-6-7-26(28,29)12-40-19)24-32-17-5-4-16(9-18(17)33-24)22(15-2-3-15)34-20(38)8-14-10-27(30,31)11-14/h4-5,9,14-15,19,22-23H,2-3,6-8,10-12H2,1H3,(H,32,33)(H,34,38)(H,35,39)/t19?,22-,23+/m1/s1. The summed E-state index contributed by atoms with van der Waals surface area (Å²) in [6.45, 7) is 0.775. The third-order valence-electron chi connectivity index (χ3n) is 8.07. The lowest BCUT2D eigenvalue weighted by Gasteiger charge is -2.34. The van der Waals surface area contributed by atoms with Crippen LogP contribution < -0.4 is 10.6 Å². The highest BCUT2D eigenvalue weighted by molar-refractivity contribution is 5.93. The summed E-state index contributed by atoms with van der Waals surface area (Å²) < 4.78 is 64.2. The number of fused-ring (bicyclic) bond motifs is 1. The number of amides is 2. The van der Waals surface area contributed by atoms with Gasteiger partial charge in [-0.15, -0.1) is 0 Å². The number of aromatic nitrogens is 4. The van der Waals surface area contributed by atoms with Crippen LogP contribution in [0.4, 0.5) is 17.6 Å². The summed E-state index contributed by atoms with van der Waals surface area (Å²) in [4.78, 5) is 33.5. The molecule has 2 aliphatic carbocycles. The fraction of sp³-hybridized carbons (Fsp3) is 0.593. The topological polar surface area (TPSA) is 135 Å². The molecule has 3 aromatic rings. The van der Waals surface area contributed by atoms with E-state index in [0.29, 0.717) is 16.9 Å². The van der Waals surface area contributed by atoms with Crippen molar-refractivity contribution in [3.63, 3.8) is 0 Å². The number of hydrogen-bond acceptors (Lipinski definition) is 7. The van der Waals surface area contributed by atoms with E-state index in [4.69, 9.17) is 4.74 Å². The van der Waals surface area contributed by atoms with E-state index >= 15 is 0 Å². The number of alkyl halides is 4. The fourth-order valence-electron chi connectivity index (χ4n) is 5.70. The average Bonchev–Trinajstić information content (AvgIpc) is 3.50. The largest absolute Gasteiger partial charge is 0.369 e. The maximum atomic E-state index is 13.8. The first-order chi connectivity index (χ1) is 19.5. The van der Waals surface area contributed by atoms with Crippen LogP contribution in [0, 0.1) is 18.8 Å². The summed E-state index contributed by atoms with van der Waals surface area (Å²) in [5.41, 5.74) is 2.26. The molecule has 1 aromatic carbocycles. The Morgan fingerprint density at radius 1 is 1.07 bits per heavy atom. The van der Waals surface area contributed by atoms with Gasteiger partial charge >= 0.3 is 0 Å². The second kappa shape index (κ2) is 10.4. The van der Waals surface area contributed by atoms with Crippen molar-refractivity contribution in [3.05, 3.63) is 41.0 Å². The Balaban J connectivity index is 1.23. The molecule has 6 rings (SSSR count).